The van der Waals surface area contributed by atoms with E-state index in [0.717, 1.165) is 38.5 Å². The van der Waals surface area contributed by atoms with E-state index in [1.165, 1.54) is 0 Å². The Kier molecular flexibility index (Phi) is 10.9. The minimum Gasteiger partial charge on any atom is -0.449 e. The van der Waals surface area contributed by atoms with Crippen molar-refractivity contribution in [2.45, 2.75) is 38.5 Å². The molecule has 0 unspecified atom stereocenters. The lowest BCUT2D eigenvalue weighted by atomic mass is 10.1. The van der Waals surface area contributed by atoms with E-state index in [2.05, 4.69) is 10.6 Å². The summed E-state index contributed by atoms with van der Waals surface area (Å²) in [5, 5.41) is 6.52. The third-order valence-corrected chi connectivity index (χ3v) is 4.69. The lowest BCUT2D eigenvalue weighted by Gasteiger charge is -2.08. The molecule has 0 saturated heterocycles. The van der Waals surface area contributed by atoms with E-state index in [1.807, 2.05) is 0 Å². The highest BCUT2D eigenvalue weighted by molar-refractivity contribution is 6.30. The molecule has 0 aliphatic carbocycles. The zero-order valence-electron chi connectivity index (χ0n) is 16.7. The van der Waals surface area contributed by atoms with Crippen LogP contribution in [0.2, 0.25) is 10.0 Å². The Morgan fingerprint density at radius 3 is 1.30 bits per heavy atom. The van der Waals surface area contributed by atoms with Gasteiger partial charge in [-0.15, -0.1) is 0 Å². The molecule has 0 bridgehead atoms. The van der Waals surface area contributed by atoms with Gasteiger partial charge in [0, 0.05) is 21.4 Å². The smallest absolute Gasteiger partial charge is 0.411 e. The van der Waals surface area contributed by atoms with Crippen molar-refractivity contribution in [1.82, 2.24) is 0 Å². The SMILES string of the molecule is O=C(Nc1ccc(Cl)cc1)OCCCCCCCCOC(=O)Nc1ccc(Cl)cc1. The molecule has 0 aromatic heterocycles. The van der Waals surface area contributed by atoms with Gasteiger partial charge in [-0.3, -0.25) is 10.6 Å². The number of hydrogen-bond acceptors (Lipinski definition) is 4. The van der Waals surface area contributed by atoms with Crippen LogP contribution in [0, 0.1) is 0 Å². The molecule has 2 rings (SSSR count). The summed E-state index contributed by atoms with van der Waals surface area (Å²) in [4.78, 5) is 23.3. The van der Waals surface area contributed by atoms with E-state index < -0.39 is 12.2 Å². The third kappa shape index (κ3) is 10.4. The van der Waals surface area contributed by atoms with Gasteiger partial charge in [0.15, 0.2) is 0 Å². The third-order valence-electron chi connectivity index (χ3n) is 4.19. The highest BCUT2D eigenvalue weighted by Crippen LogP contribution is 2.14. The van der Waals surface area contributed by atoms with Crippen molar-refractivity contribution in [3.05, 3.63) is 58.6 Å². The van der Waals surface area contributed by atoms with Crippen LogP contribution in [0.3, 0.4) is 0 Å². The maximum Gasteiger partial charge on any atom is 0.411 e. The van der Waals surface area contributed by atoms with Gasteiger partial charge in [-0.2, -0.15) is 0 Å². The van der Waals surface area contributed by atoms with Gasteiger partial charge in [-0.25, -0.2) is 9.59 Å². The van der Waals surface area contributed by atoms with Crippen LogP contribution in [0.4, 0.5) is 21.0 Å². The van der Waals surface area contributed by atoms with E-state index >= 15 is 0 Å². The fourth-order valence-electron chi connectivity index (χ4n) is 2.62. The molecule has 0 spiro atoms. The fraction of sp³-hybridized carbons (Fsp3) is 0.364. The van der Waals surface area contributed by atoms with Crippen molar-refractivity contribution in [1.29, 1.82) is 0 Å². The molecule has 0 radical (unpaired) electrons. The van der Waals surface area contributed by atoms with E-state index in [1.54, 1.807) is 48.5 Å². The molecule has 6 nitrogen and oxygen atoms in total. The summed E-state index contributed by atoms with van der Waals surface area (Å²) in [6, 6.07) is 13.7. The number of hydrogen-bond donors (Lipinski definition) is 2. The van der Waals surface area contributed by atoms with Crippen LogP contribution in [0.1, 0.15) is 38.5 Å². The number of nitrogens with one attached hydrogen (secondary N) is 2. The predicted octanol–water partition coefficient (Wildman–Crippen LogP) is 7.13. The summed E-state index contributed by atoms with van der Waals surface area (Å²) in [6.07, 6.45) is 4.73. The minimum atomic E-state index is -0.466. The summed E-state index contributed by atoms with van der Waals surface area (Å²) in [5.74, 6) is 0. The summed E-state index contributed by atoms with van der Waals surface area (Å²) in [7, 11) is 0. The quantitative estimate of drug-likeness (QED) is 0.355. The molecule has 2 aromatic carbocycles. The number of rotatable bonds is 11. The maximum atomic E-state index is 11.7. The molecule has 0 heterocycles. The molecule has 2 aromatic rings. The number of carbonyl (C=O) groups is 2. The molecular weight excluding hydrogens is 427 g/mol. The first-order chi connectivity index (χ1) is 14.5. The minimum absolute atomic E-state index is 0.382. The van der Waals surface area contributed by atoms with Crippen LogP contribution in [0.5, 0.6) is 0 Å². The average Bonchev–Trinajstić information content (AvgIpc) is 2.73. The monoisotopic (exact) mass is 452 g/mol. The van der Waals surface area contributed by atoms with Gasteiger partial charge in [0.25, 0.3) is 0 Å². The van der Waals surface area contributed by atoms with Crippen LogP contribution in [-0.4, -0.2) is 25.4 Å². The van der Waals surface area contributed by atoms with E-state index in [-0.39, 0.29) is 0 Å². The fourth-order valence-corrected chi connectivity index (χ4v) is 2.87. The number of unbranched alkanes of at least 4 members (excludes halogenated alkanes) is 5. The van der Waals surface area contributed by atoms with Crippen molar-refractivity contribution in [2.75, 3.05) is 23.8 Å². The Morgan fingerprint density at radius 2 is 0.933 bits per heavy atom. The lowest BCUT2D eigenvalue weighted by Crippen LogP contribution is -2.14. The second kappa shape index (κ2) is 13.7. The number of benzene rings is 2. The largest absolute Gasteiger partial charge is 0.449 e. The first-order valence-electron chi connectivity index (χ1n) is 9.91. The topological polar surface area (TPSA) is 76.7 Å². The number of carbonyl (C=O) groups excluding carboxylic acids is 2. The van der Waals surface area contributed by atoms with E-state index in [0.29, 0.717) is 34.6 Å². The number of halogens is 2. The van der Waals surface area contributed by atoms with Crippen LogP contribution in [0.25, 0.3) is 0 Å². The molecule has 0 aliphatic heterocycles. The van der Waals surface area contributed by atoms with Crippen LogP contribution < -0.4 is 10.6 Å². The Morgan fingerprint density at radius 1 is 0.600 bits per heavy atom. The van der Waals surface area contributed by atoms with Crippen molar-refractivity contribution < 1.29 is 19.1 Å². The van der Waals surface area contributed by atoms with Crippen molar-refractivity contribution in [3.8, 4) is 0 Å². The Bertz CT molecular complexity index is 715. The molecule has 162 valence electrons. The first-order valence-corrected chi connectivity index (χ1v) is 10.7. The van der Waals surface area contributed by atoms with Crippen LogP contribution in [0.15, 0.2) is 48.5 Å². The van der Waals surface area contributed by atoms with Crippen molar-refractivity contribution >= 4 is 46.8 Å². The Hall–Kier alpha value is -2.44. The molecule has 8 heteroatoms. The highest BCUT2D eigenvalue weighted by Gasteiger charge is 2.04. The Balaban J connectivity index is 1.40. The summed E-state index contributed by atoms with van der Waals surface area (Å²) < 4.78 is 10.3. The second-order valence-electron chi connectivity index (χ2n) is 6.66. The van der Waals surface area contributed by atoms with Crippen LogP contribution >= 0.6 is 23.2 Å². The van der Waals surface area contributed by atoms with Crippen molar-refractivity contribution in [2.24, 2.45) is 0 Å². The average molecular weight is 453 g/mol. The van der Waals surface area contributed by atoms with Gasteiger partial charge in [0.2, 0.25) is 0 Å². The molecule has 0 aliphatic rings. The van der Waals surface area contributed by atoms with E-state index in [9.17, 15) is 9.59 Å². The predicted molar refractivity (Wildman–Crippen MR) is 121 cm³/mol. The lowest BCUT2D eigenvalue weighted by molar-refractivity contribution is 0.156. The molecule has 30 heavy (non-hydrogen) atoms. The zero-order chi connectivity index (χ0) is 21.6. The molecule has 2 amide bonds. The highest BCUT2D eigenvalue weighted by atomic mass is 35.5. The summed E-state index contributed by atoms with van der Waals surface area (Å²) >= 11 is 11.6. The zero-order valence-corrected chi connectivity index (χ0v) is 18.2. The number of amides is 2. The number of anilines is 2. The molecular formula is C22H26Cl2N2O4. The standard InChI is InChI=1S/C22H26Cl2N2O4/c23-17-7-11-19(12-8-17)25-21(27)29-15-5-3-1-2-4-6-16-30-22(28)26-20-13-9-18(24)10-14-20/h7-14H,1-6,15-16H2,(H,25,27)(H,26,28). The maximum absolute atomic E-state index is 11.7. The molecule has 0 atom stereocenters. The van der Waals surface area contributed by atoms with Crippen LogP contribution in [-0.2, 0) is 9.47 Å². The van der Waals surface area contributed by atoms with Gasteiger partial charge >= 0.3 is 12.2 Å². The van der Waals surface area contributed by atoms with Gasteiger partial charge in [0.05, 0.1) is 13.2 Å². The molecule has 2 N–H and O–H groups in total. The number of ether oxygens (including phenoxy) is 2. The second-order valence-corrected chi connectivity index (χ2v) is 7.53. The van der Waals surface area contributed by atoms with Gasteiger partial charge in [-0.05, 0) is 61.4 Å². The summed E-state index contributed by atoms with van der Waals surface area (Å²) in [5.41, 5.74) is 1.29. The van der Waals surface area contributed by atoms with Crippen molar-refractivity contribution in [3.63, 3.8) is 0 Å². The van der Waals surface area contributed by atoms with Gasteiger partial charge in [0.1, 0.15) is 0 Å². The molecule has 0 saturated carbocycles. The summed E-state index contributed by atoms with van der Waals surface area (Å²) in [6.45, 7) is 0.765. The Labute approximate surface area is 186 Å². The molecule has 0 fully saturated rings. The van der Waals surface area contributed by atoms with E-state index in [4.69, 9.17) is 32.7 Å². The first kappa shape index (κ1) is 23.8. The normalized spacial score (nSPS) is 10.3. The van der Waals surface area contributed by atoms with Gasteiger partial charge in [-0.1, -0.05) is 48.9 Å². The van der Waals surface area contributed by atoms with Gasteiger partial charge < -0.3 is 9.47 Å².